The number of hydrogen-bond acceptors (Lipinski definition) is 3. The van der Waals surface area contributed by atoms with Crippen molar-refractivity contribution in [3.63, 3.8) is 0 Å². The van der Waals surface area contributed by atoms with Gasteiger partial charge in [0.25, 0.3) is 0 Å². The molecular weight excluding hydrogens is 285 g/mol. The third-order valence-corrected chi connectivity index (χ3v) is 3.61. The van der Waals surface area contributed by atoms with Gasteiger partial charge in [0.05, 0.1) is 7.11 Å². The maximum Gasteiger partial charge on any atom is 0.316 e. The van der Waals surface area contributed by atoms with E-state index in [1.807, 2.05) is 30.3 Å². The van der Waals surface area contributed by atoms with Gasteiger partial charge in [0.1, 0.15) is 10.9 Å². The summed E-state index contributed by atoms with van der Waals surface area (Å²) in [5.41, 5.74) is 7.50. The van der Waals surface area contributed by atoms with Gasteiger partial charge in [-0.3, -0.25) is 4.79 Å². The van der Waals surface area contributed by atoms with Gasteiger partial charge in [-0.05, 0) is 17.2 Å². The van der Waals surface area contributed by atoms with Crippen LogP contribution >= 0.6 is 23.2 Å². The molecule has 2 unspecified atom stereocenters. The van der Waals surface area contributed by atoms with Gasteiger partial charge in [-0.1, -0.05) is 59.6 Å². The number of carbonyl (C=O) groups excluding carboxylic acids is 1. The van der Waals surface area contributed by atoms with Crippen LogP contribution in [0.25, 0.3) is 5.57 Å². The summed E-state index contributed by atoms with van der Waals surface area (Å²) in [6.45, 7) is 0. The first-order valence-corrected chi connectivity index (χ1v) is 6.43. The van der Waals surface area contributed by atoms with E-state index < -0.39 is 16.9 Å². The van der Waals surface area contributed by atoms with Crippen LogP contribution < -0.4 is 5.73 Å². The molecule has 1 aliphatic carbocycles. The quantitative estimate of drug-likeness (QED) is 0.519. The number of rotatable bonds is 2. The molecule has 0 heterocycles. The maximum atomic E-state index is 11.8. The highest BCUT2D eigenvalue weighted by molar-refractivity contribution is 6.39. The third kappa shape index (κ3) is 2.84. The van der Waals surface area contributed by atoms with Crippen molar-refractivity contribution in [2.24, 2.45) is 11.7 Å². The van der Waals surface area contributed by atoms with Crippen molar-refractivity contribution in [2.45, 2.75) is 5.00 Å². The fraction of sp³-hybridized carbons (Fsp3) is 0.214. The predicted octanol–water partition coefficient (Wildman–Crippen LogP) is 2.89. The van der Waals surface area contributed by atoms with E-state index in [0.29, 0.717) is 5.03 Å². The van der Waals surface area contributed by atoms with Gasteiger partial charge in [-0.2, -0.15) is 0 Å². The van der Waals surface area contributed by atoms with Crippen LogP contribution in [0.2, 0.25) is 0 Å². The van der Waals surface area contributed by atoms with E-state index in [1.54, 1.807) is 6.08 Å². The van der Waals surface area contributed by atoms with Crippen LogP contribution in [0.15, 0.2) is 47.5 Å². The topological polar surface area (TPSA) is 52.3 Å². The summed E-state index contributed by atoms with van der Waals surface area (Å²) in [4.78, 5) is 10.4. The summed E-state index contributed by atoms with van der Waals surface area (Å²) < 4.78 is 4.72. The second-order valence-electron chi connectivity index (χ2n) is 4.27. The SMILES string of the molecule is COC(=O)C1C=C(c2ccccc2)C(Cl)=CC1(N)Cl. The van der Waals surface area contributed by atoms with Crippen molar-refractivity contribution in [3.05, 3.63) is 53.1 Å². The van der Waals surface area contributed by atoms with Crippen LogP contribution in [0.3, 0.4) is 0 Å². The highest BCUT2D eigenvalue weighted by atomic mass is 35.5. The monoisotopic (exact) mass is 297 g/mol. The number of halogens is 2. The molecule has 0 saturated heterocycles. The molecule has 0 spiro atoms. The van der Waals surface area contributed by atoms with Gasteiger partial charge in [0, 0.05) is 5.03 Å². The molecule has 3 nitrogen and oxygen atoms in total. The summed E-state index contributed by atoms with van der Waals surface area (Å²) in [6, 6.07) is 9.47. The third-order valence-electron chi connectivity index (χ3n) is 2.96. The van der Waals surface area contributed by atoms with Crippen LogP contribution in [-0.2, 0) is 9.53 Å². The number of alkyl halides is 1. The molecular formula is C14H13Cl2NO2. The first-order chi connectivity index (χ1) is 8.95. The van der Waals surface area contributed by atoms with Gasteiger partial charge in [-0.15, -0.1) is 0 Å². The van der Waals surface area contributed by atoms with Gasteiger partial charge in [0.2, 0.25) is 0 Å². The molecule has 1 aliphatic rings. The largest absolute Gasteiger partial charge is 0.468 e. The molecule has 0 aromatic heterocycles. The molecule has 19 heavy (non-hydrogen) atoms. The van der Waals surface area contributed by atoms with Crippen molar-refractivity contribution in [1.82, 2.24) is 0 Å². The van der Waals surface area contributed by atoms with E-state index in [4.69, 9.17) is 33.7 Å². The van der Waals surface area contributed by atoms with Gasteiger partial charge in [-0.25, -0.2) is 0 Å². The van der Waals surface area contributed by atoms with Crippen molar-refractivity contribution in [2.75, 3.05) is 7.11 Å². The number of ether oxygens (including phenoxy) is 1. The van der Waals surface area contributed by atoms with Gasteiger partial charge < -0.3 is 10.5 Å². The standard InChI is InChI=1S/C14H13Cl2NO2/c1-19-13(18)11-7-10(9-5-3-2-4-6-9)12(15)8-14(11,16)17/h2-8,11H,17H2,1H3. The lowest BCUT2D eigenvalue weighted by molar-refractivity contribution is -0.144. The number of methoxy groups -OCH3 is 1. The summed E-state index contributed by atoms with van der Waals surface area (Å²) in [5.74, 6) is -1.27. The first kappa shape index (κ1) is 14.1. The molecule has 0 saturated carbocycles. The molecule has 0 bridgehead atoms. The van der Waals surface area contributed by atoms with Crippen molar-refractivity contribution >= 4 is 34.7 Å². The molecule has 0 aliphatic heterocycles. The van der Waals surface area contributed by atoms with Crippen LogP contribution in [-0.4, -0.2) is 18.1 Å². The Hall–Kier alpha value is -1.29. The smallest absolute Gasteiger partial charge is 0.316 e. The Morgan fingerprint density at radius 2 is 2.00 bits per heavy atom. The maximum absolute atomic E-state index is 11.8. The summed E-state index contributed by atoms with van der Waals surface area (Å²) in [7, 11) is 1.30. The normalized spacial score (nSPS) is 26.4. The van der Waals surface area contributed by atoms with Gasteiger partial charge >= 0.3 is 5.97 Å². The molecule has 5 heteroatoms. The number of nitrogens with two attached hydrogens (primary N) is 1. The highest BCUT2D eigenvalue weighted by Crippen LogP contribution is 2.39. The minimum atomic E-state index is -1.37. The molecule has 0 radical (unpaired) electrons. The highest BCUT2D eigenvalue weighted by Gasteiger charge is 2.39. The lowest BCUT2D eigenvalue weighted by Gasteiger charge is -2.30. The van der Waals surface area contributed by atoms with Crippen molar-refractivity contribution in [1.29, 1.82) is 0 Å². The van der Waals surface area contributed by atoms with Crippen LogP contribution in [0.5, 0.6) is 0 Å². The lowest BCUT2D eigenvalue weighted by Crippen LogP contribution is -2.45. The Kier molecular flexibility index (Phi) is 3.99. The zero-order chi connectivity index (χ0) is 14.0. The fourth-order valence-electron chi connectivity index (χ4n) is 1.96. The Morgan fingerprint density at radius 1 is 1.37 bits per heavy atom. The van der Waals surface area contributed by atoms with E-state index in [1.165, 1.54) is 13.2 Å². The zero-order valence-corrected chi connectivity index (χ0v) is 11.8. The second-order valence-corrected chi connectivity index (χ2v) is 5.33. The Morgan fingerprint density at radius 3 is 2.58 bits per heavy atom. The average Bonchev–Trinajstić information content (AvgIpc) is 2.38. The van der Waals surface area contributed by atoms with E-state index in [9.17, 15) is 4.79 Å². The van der Waals surface area contributed by atoms with Gasteiger partial charge in [0.15, 0.2) is 0 Å². The van der Waals surface area contributed by atoms with E-state index >= 15 is 0 Å². The summed E-state index contributed by atoms with van der Waals surface area (Å²) in [6.07, 6.45) is 3.12. The number of hydrogen-bond donors (Lipinski definition) is 1. The van der Waals surface area contributed by atoms with E-state index in [2.05, 4.69) is 0 Å². The zero-order valence-electron chi connectivity index (χ0n) is 10.3. The first-order valence-electron chi connectivity index (χ1n) is 5.67. The fourth-order valence-corrected chi connectivity index (χ4v) is 2.63. The lowest BCUT2D eigenvalue weighted by atomic mass is 9.88. The van der Waals surface area contributed by atoms with Crippen LogP contribution in [0.1, 0.15) is 5.56 Å². The number of benzene rings is 1. The molecule has 100 valence electrons. The summed E-state index contributed by atoms with van der Waals surface area (Å²) >= 11 is 12.3. The van der Waals surface area contributed by atoms with Crippen LogP contribution in [0.4, 0.5) is 0 Å². The van der Waals surface area contributed by atoms with Crippen LogP contribution in [0, 0.1) is 5.92 Å². The number of carbonyl (C=O) groups is 1. The number of esters is 1. The Bertz CT molecular complexity index is 550. The van der Waals surface area contributed by atoms with Crippen molar-refractivity contribution < 1.29 is 9.53 Å². The molecule has 0 amide bonds. The Labute approximate surface area is 121 Å². The minimum Gasteiger partial charge on any atom is -0.468 e. The predicted molar refractivity (Wildman–Crippen MR) is 76.6 cm³/mol. The molecule has 1 aromatic carbocycles. The average molecular weight is 298 g/mol. The molecule has 2 rings (SSSR count). The van der Waals surface area contributed by atoms with Crippen molar-refractivity contribution in [3.8, 4) is 0 Å². The van der Waals surface area contributed by atoms with E-state index in [0.717, 1.165) is 11.1 Å². The van der Waals surface area contributed by atoms with E-state index in [-0.39, 0.29) is 0 Å². The Balaban J connectivity index is 2.47. The molecule has 0 fully saturated rings. The minimum absolute atomic E-state index is 0.420. The number of allylic oxidation sites excluding steroid dienone is 2. The second kappa shape index (κ2) is 5.37. The summed E-state index contributed by atoms with van der Waals surface area (Å²) in [5, 5.41) is 0.420. The molecule has 2 N–H and O–H groups in total. The molecule has 1 aromatic rings. The molecule has 2 atom stereocenters.